The SMILES string of the molecule is C/C=C/CCNc1ccc(C(=O)O)nn1. The second kappa shape index (κ2) is 5.74. The molecule has 5 nitrogen and oxygen atoms in total. The minimum atomic E-state index is -1.07. The Balaban J connectivity index is 2.46. The van der Waals surface area contributed by atoms with Crippen LogP contribution in [0.15, 0.2) is 24.3 Å². The lowest BCUT2D eigenvalue weighted by Crippen LogP contribution is -2.06. The lowest BCUT2D eigenvalue weighted by Gasteiger charge is -2.01. The van der Waals surface area contributed by atoms with Crippen molar-refractivity contribution in [2.45, 2.75) is 13.3 Å². The van der Waals surface area contributed by atoms with Gasteiger partial charge in [0.2, 0.25) is 0 Å². The Bertz CT molecular complexity index is 346. The van der Waals surface area contributed by atoms with Gasteiger partial charge in [0.25, 0.3) is 0 Å². The number of hydrogen-bond acceptors (Lipinski definition) is 4. The second-order valence-electron chi connectivity index (χ2n) is 2.89. The van der Waals surface area contributed by atoms with Crippen molar-refractivity contribution in [2.24, 2.45) is 0 Å². The molecular weight excluding hydrogens is 194 g/mol. The first kappa shape index (κ1) is 11.2. The summed E-state index contributed by atoms with van der Waals surface area (Å²) < 4.78 is 0. The van der Waals surface area contributed by atoms with E-state index in [1.54, 1.807) is 6.07 Å². The number of aromatic carboxylic acids is 1. The number of nitrogens with zero attached hydrogens (tertiary/aromatic N) is 2. The molecule has 0 aliphatic carbocycles. The van der Waals surface area contributed by atoms with Crippen LogP contribution in [0.2, 0.25) is 0 Å². The molecule has 0 saturated carbocycles. The summed E-state index contributed by atoms with van der Waals surface area (Å²) in [5.74, 6) is -0.479. The van der Waals surface area contributed by atoms with Crippen LogP contribution in [0.1, 0.15) is 23.8 Å². The van der Waals surface area contributed by atoms with Crippen LogP contribution in [0, 0.1) is 0 Å². The molecule has 1 aromatic rings. The van der Waals surface area contributed by atoms with E-state index in [-0.39, 0.29) is 5.69 Å². The quantitative estimate of drug-likeness (QED) is 0.566. The van der Waals surface area contributed by atoms with Gasteiger partial charge in [-0.15, -0.1) is 10.2 Å². The maximum absolute atomic E-state index is 10.5. The molecule has 5 heteroatoms. The molecule has 2 N–H and O–H groups in total. The maximum atomic E-state index is 10.5. The molecule has 1 heterocycles. The van der Waals surface area contributed by atoms with Crippen molar-refractivity contribution < 1.29 is 9.90 Å². The molecule has 1 rings (SSSR count). The lowest BCUT2D eigenvalue weighted by atomic mass is 10.3. The van der Waals surface area contributed by atoms with E-state index in [2.05, 4.69) is 15.5 Å². The van der Waals surface area contributed by atoms with Gasteiger partial charge in [-0.1, -0.05) is 12.2 Å². The molecule has 80 valence electrons. The maximum Gasteiger partial charge on any atom is 0.356 e. The summed E-state index contributed by atoms with van der Waals surface area (Å²) in [6.07, 6.45) is 4.91. The van der Waals surface area contributed by atoms with Crippen LogP contribution in [0.3, 0.4) is 0 Å². The number of aromatic nitrogens is 2. The molecule has 0 bridgehead atoms. The van der Waals surface area contributed by atoms with Gasteiger partial charge in [-0.3, -0.25) is 0 Å². The average Bonchev–Trinajstić information content (AvgIpc) is 2.25. The van der Waals surface area contributed by atoms with E-state index >= 15 is 0 Å². The van der Waals surface area contributed by atoms with Gasteiger partial charge in [0.05, 0.1) is 0 Å². The molecule has 0 aliphatic heterocycles. The summed E-state index contributed by atoms with van der Waals surface area (Å²) in [6, 6.07) is 3.03. The molecule has 1 aromatic heterocycles. The molecule has 0 aliphatic rings. The summed E-state index contributed by atoms with van der Waals surface area (Å²) in [6.45, 7) is 2.72. The third-order valence-electron chi connectivity index (χ3n) is 1.74. The van der Waals surface area contributed by atoms with Crippen LogP contribution in [0.5, 0.6) is 0 Å². The highest BCUT2D eigenvalue weighted by Crippen LogP contribution is 2.01. The van der Waals surface area contributed by atoms with Gasteiger partial charge in [-0.25, -0.2) is 4.79 Å². The number of anilines is 1. The predicted octanol–water partition coefficient (Wildman–Crippen LogP) is 1.55. The number of allylic oxidation sites excluding steroid dienone is 1. The normalized spacial score (nSPS) is 10.5. The molecule has 0 saturated heterocycles. The highest BCUT2D eigenvalue weighted by atomic mass is 16.4. The first-order valence-electron chi connectivity index (χ1n) is 4.66. The number of carboxylic acid groups (broad SMARTS) is 1. The molecule has 0 spiro atoms. The highest BCUT2D eigenvalue weighted by molar-refractivity contribution is 5.85. The highest BCUT2D eigenvalue weighted by Gasteiger charge is 2.03. The Kier molecular flexibility index (Phi) is 4.28. The van der Waals surface area contributed by atoms with Crippen LogP contribution >= 0.6 is 0 Å². The van der Waals surface area contributed by atoms with Crippen LogP contribution in [-0.4, -0.2) is 27.8 Å². The predicted molar refractivity (Wildman–Crippen MR) is 56.9 cm³/mol. The fourth-order valence-electron chi connectivity index (χ4n) is 0.991. The number of hydrogen-bond donors (Lipinski definition) is 2. The van der Waals surface area contributed by atoms with E-state index in [0.29, 0.717) is 5.82 Å². The number of rotatable bonds is 5. The van der Waals surface area contributed by atoms with Crippen molar-refractivity contribution in [1.82, 2.24) is 10.2 Å². The van der Waals surface area contributed by atoms with Gasteiger partial charge in [0.1, 0.15) is 5.82 Å². The molecule has 0 radical (unpaired) electrons. The van der Waals surface area contributed by atoms with Gasteiger partial charge in [-0.05, 0) is 25.5 Å². The topological polar surface area (TPSA) is 75.1 Å². The van der Waals surface area contributed by atoms with Crippen LogP contribution in [-0.2, 0) is 0 Å². The Morgan fingerprint density at radius 2 is 2.33 bits per heavy atom. The number of nitrogens with one attached hydrogen (secondary N) is 1. The Morgan fingerprint density at radius 1 is 1.53 bits per heavy atom. The van der Waals surface area contributed by atoms with Crippen molar-refractivity contribution in [3.05, 3.63) is 30.0 Å². The third kappa shape index (κ3) is 3.76. The van der Waals surface area contributed by atoms with Crippen molar-refractivity contribution in [2.75, 3.05) is 11.9 Å². The zero-order chi connectivity index (χ0) is 11.1. The molecule has 0 unspecified atom stereocenters. The first-order chi connectivity index (χ1) is 7.24. The van der Waals surface area contributed by atoms with E-state index in [9.17, 15) is 4.79 Å². The molecule has 0 amide bonds. The van der Waals surface area contributed by atoms with Crippen LogP contribution < -0.4 is 5.32 Å². The lowest BCUT2D eigenvalue weighted by molar-refractivity contribution is 0.0689. The Hall–Kier alpha value is -1.91. The van der Waals surface area contributed by atoms with Crippen LogP contribution in [0.4, 0.5) is 5.82 Å². The minimum Gasteiger partial charge on any atom is -0.476 e. The summed E-state index contributed by atoms with van der Waals surface area (Å²) in [4.78, 5) is 10.5. The smallest absolute Gasteiger partial charge is 0.356 e. The molecular formula is C10H13N3O2. The summed E-state index contributed by atoms with van der Waals surface area (Å²) in [7, 11) is 0. The van der Waals surface area contributed by atoms with Gasteiger partial charge in [0, 0.05) is 6.54 Å². The van der Waals surface area contributed by atoms with Crippen molar-refractivity contribution >= 4 is 11.8 Å². The standard InChI is InChI=1S/C10H13N3O2/c1-2-3-4-7-11-9-6-5-8(10(14)15)12-13-9/h2-3,5-6H,4,7H2,1H3,(H,11,13)(H,14,15)/b3-2+. The van der Waals surface area contributed by atoms with Crippen molar-refractivity contribution in [3.63, 3.8) is 0 Å². The molecule has 0 atom stereocenters. The van der Waals surface area contributed by atoms with Crippen molar-refractivity contribution in [3.8, 4) is 0 Å². The van der Waals surface area contributed by atoms with E-state index < -0.39 is 5.97 Å². The fourth-order valence-corrected chi connectivity index (χ4v) is 0.991. The molecule has 0 aromatic carbocycles. The van der Waals surface area contributed by atoms with Gasteiger partial charge in [0.15, 0.2) is 5.69 Å². The van der Waals surface area contributed by atoms with Gasteiger partial charge >= 0.3 is 5.97 Å². The van der Waals surface area contributed by atoms with Gasteiger partial charge in [-0.2, -0.15) is 0 Å². The summed E-state index contributed by atoms with van der Waals surface area (Å²) in [5, 5.41) is 18.9. The largest absolute Gasteiger partial charge is 0.476 e. The molecule has 15 heavy (non-hydrogen) atoms. The van der Waals surface area contributed by atoms with E-state index in [4.69, 9.17) is 5.11 Å². The Labute approximate surface area is 87.8 Å². The van der Waals surface area contributed by atoms with Crippen LogP contribution in [0.25, 0.3) is 0 Å². The summed E-state index contributed by atoms with van der Waals surface area (Å²) >= 11 is 0. The summed E-state index contributed by atoms with van der Waals surface area (Å²) in [5.41, 5.74) is -0.0472. The zero-order valence-corrected chi connectivity index (χ0v) is 8.47. The third-order valence-corrected chi connectivity index (χ3v) is 1.74. The van der Waals surface area contributed by atoms with E-state index in [1.165, 1.54) is 6.07 Å². The van der Waals surface area contributed by atoms with E-state index in [0.717, 1.165) is 13.0 Å². The monoisotopic (exact) mass is 207 g/mol. The van der Waals surface area contributed by atoms with Gasteiger partial charge < -0.3 is 10.4 Å². The molecule has 0 fully saturated rings. The zero-order valence-electron chi connectivity index (χ0n) is 8.47. The second-order valence-corrected chi connectivity index (χ2v) is 2.89. The Morgan fingerprint density at radius 3 is 2.87 bits per heavy atom. The first-order valence-corrected chi connectivity index (χ1v) is 4.66. The number of carboxylic acids is 1. The average molecular weight is 207 g/mol. The fraction of sp³-hybridized carbons (Fsp3) is 0.300. The van der Waals surface area contributed by atoms with E-state index in [1.807, 2.05) is 19.1 Å². The number of carbonyl (C=O) groups is 1. The van der Waals surface area contributed by atoms with Crippen molar-refractivity contribution in [1.29, 1.82) is 0 Å². The minimum absolute atomic E-state index is 0.0472.